The number of H-pyrrole nitrogens is 1. The molecule has 178 valence electrons. The molecular weight excluding hydrogens is 438 g/mol. The van der Waals surface area contributed by atoms with Crippen molar-refractivity contribution in [3.05, 3.63) is 89.3 Å². The molecule has 0 aliphatic carbocycles. The largest absolute Gasteiger partial charge is 0.491 e. The number of nitrogens with one attached hydrogen (secondary N) is 1. The van der Waals surface area contributed by atoms with Gasteiger partial charge in [0.15, 0.2) is 0 Å². The van der Waals surface area contributed by atoms with Gasteiger partial charge >= 0.3 is 0 Å². The van der Waals surface area contributed by atoms with Gasteiger partial charge in [-0.05, 0) is 60.0 Å². The van der Waals surface area contributed by atoms with Gasteiger partial charge in [-0.1, -0.05) is 36.4 Å². The summed E-state index contributed by atoms with van der Waals surface area (Å²) in [5.41, 5.74) is 6.87. The number of benzene rings is 3. The van der Waals surface area contributed by atoms with Crippen molar-refractivity contribution in [2.24, 2.45) is 0 Å². The maximum Gasteiger partial charge on any atom is 0.254 e. The van der Waals surface area contributed by atoms with Crippen LogP contribution in [0.2, 0.25) is 0 Å². The van der Waals surface area contributed by atoms with E-state index in [1.165, 1.54) is 0 Å². The fourth-order valence-electron chi connectivity index (χ4n) is 4.42. The Bertz CT molecular complexity index is 1370. The van der Waals surface area contributed by atoms with Crippen LogP contribution in [0.3, 0.4) is 0 Å². The van der Waals surface area contributed by atoms with Crippen molar-refractivity contribution in [1.29, 1.82) is 0 Å². The minimum atomic E-state index is 0.0151. The van der Waals surface area contributed by atoms with Crippen molar-refractivity contribution >= 4 is 23.0 Å². The quantitative estimate of drug-likeness (QED) is 0.407. The van der Waals surface area contributed by atoms with E-state index >= 15 is 0 Å². The molecule has 0 radical (unpaired) electrons. The summed E-state index contributed by atoms with van der Waals surface area (Å²) >= 11 is 0. The van der Waals surface area contributed by atoms with Crippen LogP contribution in [0.5, 0.6) is 5.75 Å². The second-order valence-electron chi connectivity index (χ2n) is 8.68. The average molecular weight is 468 g/mol. The Hall–Kier alpha value is -3.90. The molecule has 0 saturated carbocycles. The summed E-state index contributed by atoms with van der Waals surface area (Å²) in [7, 11) is 1.69. The summed E-state index contributed by atoms with van der Waals surface area (Å²) in [5.74, 6) is 1.76. The van der Waals surface area contributed by atoms with Gasteiger partial charge in [0.1, 0.15) is 18.2 Å². The number of aromatic nitrogens is 2. The van der Waals surface area contributed by atoms with E-state index in [1.807, 2.05) is 60.4 Å². The zero-order valence-corrected chi connectivity index (χ0v) is 20.1. The van der Waals surface area contributed by atoms with Gasteiger partial charge < -0.3 is 19.4 Å². The maximum atomic E-state index is 13.2. The van der Waals surface area contributed by atoms with Gasteiger partial charge in [-0.25, -0.2) is 4.98 Å². The molecule has 2 heterocycles. The predicted octanol–water partition coefficient (Wildman–Crippen LogP) is 5.49. The lowest BCUT2D eigenvalue weighted by Crippen LogP contribution is -2.32. The number of methoxy groups -OCH3 is 1. The predicted molar refractivity (Wildman–Crippen MR) is 138 cm³/mol. The zero-order chi connectivity index (χ0) is 24.2. The summed E-state index contributed by atoms with van der Waals surface area (Å²) in [6.07, 6.45) is 4.76. The number of amides is 1. The number of imidazole rings is 1. The number of hydrogen-bond acceptors (Lipinski definition) is 4. The van der Waals surface area contributed by atoms with Gasteiger partial charge in [0, 0.05) is 31.2 Å². The van der Waals surface area contributed by atoms with Crippen molar-refractivity contribution in [2.75, 3.05) is 26.9 Å². The molecule has 35 heavy (non-hydrogen) atoms. The first kappa shape index (κ1) is 22.9. The number of rotatable bonds is 6. The van der Waals surface area contributed by atoms with E-state index in [0.29, 0.717) is 31.9 Å². The first-order chi connectivity index (χ1) is 17.1. The minimum absolute atomic E-state index is 0.0151. The molecule has 1 N–H and O–H groups in total. The molecule has 1 amide bonds. The van der Waals surface area contributed by atoms with Crippen LogP contribution in [-0.4, -0.2) is 47.6 Å². The molecule has 6 nitrogen and oxygen atoms in total. The molecule has 0 unspecified atom stereocenters. The highest BCUT2D eigenvalue weighted by Crippen LogP contribution is 2.31. The van der Waals surface area contributed by atoms with Crippen molar-refractivity contribution in [3.8, 4) is 16.9 Å². The third-order valence-electron chi connectivity index (χ3n) is 6.25. The number of fused-ring (bicyclic) bond motifs is 2. The molecule has 0 saturated heterocycles. The second-order valence-corrected chi connectivity index (χ2v) is 8.68. The van der Waals surface area contributed by atoms with Crippen molar-refractivity contribution in [3.63, 3.8) is 0 Å². The smallest absolute Gasteiger partial charge is 0.254 e. The Labute approximate surface area is 205 Å². The number of nitrogens with zero attached hydrogens (tertiary/aromatic N) is 2. The Kier molecular flexibility index (Phi) is 6.64. The maximum absolute atomic E-state index is 13.2. The van der Waals surface area contributed by atoms with Crippen LogP contribution >= 0.6 is 0 Å². The summed E-state index contributed by atoms with van der Waals surface area (Å²) in [6.45, 7) is 4.14. The fourth-order valence-corrected chi connectivity index (χ4v) is 4.42. The van der Waals surface area contributed by atoms with E-state index in [1.54, 1.807) is 7.11 Å². The van der Waals surface area contributed by atoms with Crippen molar-refractivity contribution in [2.45, 2.75) is 19.9 Å². The SMILES string of the molecule is CC=Cc1ccc(C(=O)N2CCOc3ccc(-c4ccc5nc(CCOC)[nH]c5c4)cc3C2)cc1. The molecule has 4 aromatic rings. The van der Waals surface area contributed by atoms with E-state index in [9.17, 15) is 4.79 Å². The van der Waals surface area contributed by atoms with Crippen molar-refractivity contribution in [1.82, 2.24) is 14.9 Å². The highest BCUT2D eigenvalue weighted by atomic mass is 16.5. The Balaban J connectivity index is 1.39. The highest BCUT2D eigenvalue weighted by molar-refractivity contribution is 5.94. The summed E-state index contributed by atoms with van der Waals surface area (Å²) in [5, 5.41) is 0. The van der Waals surface area contributed by atoms with Gasteiger partial charge in [-0.15, -0.1) is 0 Å². The summed E-state index contributed by atoms with van der Waals surface area (Å²) in [4.78, 5) is 23.1. The van der Waals surface area contributed by atoms with Crippen molar-refractivity contribution < 1.29 is 14.3 Å². The molecule has 0 fully saturated rings. The monoisotopic (exact) mass is 467 g/mol. The first-order valence-electron chi connectivity index (χ1n) is 11.9. The molecule has 6 heteroatoms. The third-order valence-corrected chi connectivity index (χ3v) is 6.25. The van der Waals surface area contributed by atoms with Gasteiger partial charge in [0.25, 0.3) is 5.91 Å². The summed E-state index contributed by atoms with van der Waals surface area (Å²) < 4.78 is 11.2. The first-order valence-corrected chi connectivity index (χ1v) is 11.9. The lowest BCUT2D eigenvalue weighted by molar-refractivity contribution is 0.0733. The van der Waals surface area contributed by atoms with Crippen LogP contribution < -0.4 is 4.74 Å². The van der Waals surface area contributed by atoms with Gasteiger partial charge in [-0.2, -0.15) is 0 Å². The van der Waals surface area contributed by atoms with E-state index in [-0.39, 0.29) is 5.91 Å². The molecule has 1 aliphatic rings. The molecule has 0 atom stereocenters. The second kappa shape index (κ2) is 10.2. The average Bonchev–Trinajstić information content (AvgIpc) is 3.17. The third kappa shape index (κ3) is 4.98. The van der Waals surface area contributed by atoms with Crippen LogP contribution in [0.15, 0.2) is 66.7 Å². The normalized spacial score (nSPS) is 13.6. The fraction of sp³-hybridized carbons (Fsp3) is 0.241. The number of aromatic amines is 1. The van der Waals surface area contributed by atoms with E-state index in [0.717, 1.165) is 51.3 Å². The van der Waals surface area contributed by atoms with Gasteiger partial charge in [0.05, 0.1) is 24.2 Å². The van der Waals surface area contributed by atoms with Crippen LogP contribution in [0.25, 0.3) is 28.2 Å². The standard InChI is InChI=1S/C29H29N3O3/c1-3-4-20-5-7-21(8-6-20)29(33)32-14-16-35-27-12-10-22(17-24(27)19-32)23-9-11-25-26(18-23)31-28(30-25)13-15-34-2/h3-12,17-18H,13-16,19H2,1-2H3,(H,30,31). The lowest BCUT2D eigenvalue weighted by atomic mass is 10.0. The molecular formula is C29H29N3O3. The number of allylic oxidation sites excluding steroid dienone is 1. The number of hydrogen-bond donors (Lipinski definition) is 1. The summed E-state index contributed by atoms with van der Waals surface area (Å²) in [6, 6.07) is 20.2. The lowest BCUT2D eigenvalue weighted by Gasteiger charge is -2.20. The Morgan fingerprint density at radius 3 is 2.71 bits per heavy atom. The minimum Gasteiger partial charge on any atom is -0.491 e. The number of ether oxygens (including phenoxy) is 2. The van der Waals surface area contributed by atoms with Gasteiger partial charge in [-0.3, -0.25) is 4.79 Å². The topological polar surface area (TPSA) is 67.5 Å². The Morgan fingerprint density at radius 2 is 1.91 bits per heavy atom. The van der Waals surface area contributed by atoms with Gasteiger partial charge in [0.2, 0.25) is 0 Å². The molecule has 0 spiro atoms. The number of carbonyl (C=O) groups is 1. The Morgan fingerprint density at radius 1 is 1.11 bits per heavy atom. The van der Waals surface area contributed by atoms with E-state index < -0.39 is 0 Å². The van der Waals surface area contributed by atoms with E-state index in [4.69, 9.17) is 9.47 Å². The zero-order valence-electron chi connectivity index (χ0n) is 20.1. The molecule has 1 aliphatic heterocycles. The van der Waals surface area contributed by atoms with Crippen LogP contribution in [0.1, 0.15) is 34.2 Å². The highest BCUT2D eigenvalue weighted by Gasteiger charge is 2.21. The van der Waals surface area contributed by atoms with Crippen LogP contribution in [0, 0.1) is 0 Å². The van der Waals surface area contributed by atoms with E-state index in [2.05, 4.69) is 34.2 Å². The number of carbonyl (C=O) groups excluding carboxylic acids is 1. The van der Waals surface area contributed by atoms with Crippen LogP contribution in [-0.2, 0) is 17.7 Å². The van der Waals surface area contributed by atoms with Crippen LogP contribution in [0.4, 0.5) is 0 Å². The molecule has 0 bridgehead atoms. The molecule has 1 aromatic heterocycles. The molecule has 5 rings (SSSR count). The molecule has 3 aromatic carbocycles.